The molecule has 0 saturated heterocycles. The average Bonchev–Trinajstić information content (AvgIpc) is 2.71. The molecule has 0 aliphatic heterocycles. The van der Waals surface area contributed by atoms with Crippen molar-refractivity contribution < 1.29 is 14.7 Å². The molecule has 0 saturated carbocycles. The molecule has 29 heavy (non-hydrogen) atoms. The van der Waals surface area contributed by atoms with E-state index < -0.39 is 5.91 Å². The van der Waals surface area contributed by atoms with Gasteiger partial charge in [-0.3, -0.25) is 14.4 Å². The van der Waals surface area contributed by atoms with Crippen LogP contribution in [-0.4, -0.2) is 51.5 Å². The number of rotatable bonds is 6. The summed E-state index contributed by atoms with van der Waals surface area (Å²) in [6.45, 7) is 2.37. The highest BCUT2D eigenvalue weighted by Crippen LogP contribution is 2.24. The Balaban J connectivity index is 1.82. The predicted octanol–water partition coefficient (Wildman–Crippen LogP) is 1.36. The third-order valence-electron chi connectivity index (χ3n) is 4.69. The number of benzene rings is 1. The summed E-state index contributed by atoms with van der Waals surface area (Å²) in [7, 11) is 1.63. The molecular weight excluding hydrogens is 372 g/mol. The molecule has 0 bridgehead atoms. The molecule has 8 heteroatoms. The van der Waals surface area contributed by atoms with Crippen LogP contribution in [0.25, 0.3) is 10.8 Å². The first kappa shape index (κ1) is 20.1. The molecule has 3 aromatic rings. The third-order valence-corrected chi connectivity index (χ3v) is 4.69. The summed E-state index contributed by atoms with van der Waals surface area (Å²) >= 11 is 0. The Morgan fingerprint density at radius 2 is 1.90 bits per heavy atom. The van der Waals surface area contributed by atoms with Crippen LogP contribution < -0.4 is 10.9 Å². The Hall–Kier alpha value is -3.68. The van der Waals surface area contributed by atoms with Gasteiger partial charge in [-0.25, -0.2) is 4.98 Å². The van der Waals surface area contributed by atoms with E-state index in [4.69, 9.17) is 0 Å². The normalized spacial score (nSPS) is 10.7. The number of hydrogen-bond acceptors (Lipinski definition) is 5. The van der Waals surface area contributed by atoms with Crippen LogP contribution in [0.2, 0.25) is 0 Å². The highest BCUT2D eigenvalue weighted by Gasteiger charge is 2.17. The maximum atomic E-state index is 12.8. The zero-order valence-electron chi connectivity index (χ0n) is 16.3. The number of likely N-dealkylation sites (N-methyl/N-ethyl adjacent to an activating group) is 1. The van der Waals surface area contributed by atoms with Gasteiger partial charge in [0.25, 0.3) is 11.5 Å². The van der Waals surface area contributed by atoms with Crippen LogP contribution in [-0.2, 0) is 11.3 Å². The first-order valence-electron chi connectivity index (χ1n) is 9.13. The molecule has 2 aromatic heterocycles. The van der Waals surface area contributed by atoms with Crippen molar-refractivity contribution in [3.63, 3.8) is 0 Å². The molecule has 2 amide bonds. The Labute approximate surface area is 167 Å². The lowest BCUT2D eigenvalue weighted by molar-refractivity contribution is -0.127. The molecule has 0 aliphatic carbocycles. The van der Waals surface area contributed by atoms with Gasteiger partial charge in [0.05, 0.1) is 11.9 Å². The summed E-state index contributed by atoms with van der Waals surface area (Å²) in [5.74, 6) is -1.03. The second kappa shape index (κ2) is 8.55. The molecule has 2 heterocycles. The molecule has 0 unspecified atom stereocenters. The van der Waals surface area contributed by atoms with E-state index in [1.165, 1.54) is 22.6 Å². The zero-order chi connectivity index (χ0) is 21.0. The fraction of sp³-hybridized carbons (Fsp3) is 0.238. The smallest absolute Gasteiger partial charge is 0.273 e. The summed E-state index contributed by atoms with van der Waals surface area (Å²) < 4.78 is 1.52. The van der Waals surface area contributed by atoms with Crippen LogP contribution in [0, 0.1) is 0 Å². The first-order chi connectivity index (χ1) is 13.9. The van der Waals surface area contributed by atoms with Crippen LogP contribution in [0.15, 0.2) is 53.6 Å². The summed E-state index contributed by atoms with van der Waals surface area (Å²) in [4.78, 5) is 41.7. The van der Waals surface area contributed by atoms with E-state index in [1.807, 2.05) is 30.3 Å². The topological polar surface area (TPSA) is 105 Å². The Kier molecular flexibility index (Phi) is 5.92. The molecule has 1 aromatic carbocycles. The van der Waals surface area contributed by atoms with Crippen LogP contribution in [0.1, 0.15) is 23.0 Å². The van der Waals surface area contributed by atoms with E-state index in [9.17, 15) is 19.5 Å². The molecule has 3 rings (SSSR count). The van der Waals surface area contributed by atoms with Crippen molar-refractivity contribution in [3.05, 3.63) is 70.4 Å². The van der Waals surface area contributed by atoms with Gasteiger partial charge in [-0.15, -0.1) is 0 Å². The monoisotopic (exact) mass is 394 g/mol. The van der Waals surface area contributed by atoms with E-state index in [2.05, 4.69) is 10.3 Å². The minimum atomic E-state index is -0.574. The summed E-state index contributed by atoms with van der Waals surface area (Å²) in [6, 6.07) is 11.1. The highest BCUT2D eigenvalue weighted by molar-refractivity contribution is 6.01. The zero-order valence-corrected chi connectivity index (χ0v) is 16.3. The fourth-order valence-electron chi connectivity index (χ4n) is 2.89. The van der Waals surface area contributed by atoms with Gasteiger partial charge < -0.3 is 19.9 Å². The molecule has 0 aliphatic rings. The summed E-state index contributed by atoms with van der Waals surface area (Å²) in [6.07, 6.45) is 2.89. The number of nitrogens with one attached hydrogen (secondary N) is 1. The van der Waals surface area contributed by atoms with Crippen molar-refractivity contribution in [3.8, 4) is 5.75 Å². The van der Waals surface area contributed by atoms with Crippen molar-refractivity contribution in [1.29, 1.82) is 0 Å². The maximum Gasteiger partial charge on any atom is 0.273 e. The molecule has 0 atom stereocenters. The largest absolute Gasteiger partial charge is 0.505 e. The molecule has 0 spiro atoms. The van der Waals surface area contributed by atoms with Crippen molar-refractivity contribution in [2.45, 2.75) is 13.5 Å². The maximum absolute atomic E-state index is 12.8. The number of amides is 2. The lowest BCUT2D eigenvalue weighted by atomic mass is 10.1. The third kappa shape index (κ3) is 4.43. The Morgan fingerprint density at radius 3 is 2.59 bits per heavy atom. The number of hydrogen-bond donors (Lipinski definition) is 2. The second-order valence-electron chi connectivity index (χ2n) is 6.71. The second-order valence-corrected chi connectivity index (χ2v) is 6.71. The van der Waals surface area contributed by atoms with Gasteiger partial charge in [0.1, 0.15) is 0 Å². The highest BCUT2D eigenvalue weighted by atomic mass is 16.3. The van der Waals surface area contributed by atoms with Gasteiger partial charge in [-0.1, -0.05) is 30.3 Å². The van der Waals surface area contributed by atoms with Gasteiger partial charge in [0.15, 0.2) is 11.4 Å². The number of carbonyl (C=O) groups is 2. The Morgan fingerprint density at radius 1 is 1.17 bits per heavy atom. The van der Waals surface area contributed by atoms with Crippen molar-refractivity contribution in [2.75, 3.05) is 20.1 Å². The van der Waals surface area contributed by atoms with Crippen LogP contribution in [0.4, 0.5) is 0 Å². The van der Waals surface area contributed by atoms with E-state index in [0.29, 0.717) is 13.1 Å². The molecule has 2 N–H and O–H groups in total. The molecule has 0 radical (unpaired) electrons. The fourth-order valence-corrected chi connectivity index (χ4v) is 2.89. The first-order valence-corrected chi connectivity index (χ1v) is 9.13. The van der Waals surface area contributed by atoms with E-state index in [-0.39, 0.29) is 40.2 Å². The van der Waals surface area contributed by atoms with E-state index in [1.54, 1.807) is 19.3 Å². The minimum absolute atomic E-state index is 0.113. The molecule has 150 valence electrons. The lowest BCUT2D eigenvalue weighted by Gasteiger charge is -2.15. The Bertz CT molecular complexity index is 1110. The number of aromatic nitrogens is 2. The van der Waals surface area contributed by atoms with Gasteiger partial charge >= 0.3 is 0 Å². The predicted molar refractivity (Wildman–Crippen MR) is 109 cm³/mol. The SMILES string of the molecule is CC(=O)N(C)CCNC(=O)c1ncc2c(=O)n(Cc3ccccc3)ccc2c1O. The average molecular weight is 394 g/mol. The number of pyridine rings is 2. The number of nitrogens with zero attached hydrogens (tertiary/aromatic N) is 3. The molecular formula is C21H22N4O4. The number of fused-ring (bicyclic) bond motifs is 1. The van der Waals surface area contributed by atoms with Crippen LogP contribution >= 0.6 is 0 Å². The van der Waals surface area contributed by atoms with Gasteiger partial charge in [-0.2, -0.15) is 0 Å². The van der Waals surface area contributed by atoms with Crippen molar-refractivity contribution in [1.82, 2.24) is 19.8 Å². The quantitative estimate of drug-likeness (QED) is 0.657. The van der Waals surface area contributed by atoms with Gasteiger partial charge in [0.2, 0.25) is 5.91 Å². The standard InChI is InChI=1S/C21H22N4O4/c1-14(26)24(2)11-9-22-20(28)18-19(27)16-8-10-25(21(29)17(16)12-23-18)13-15-6-4-3-5-7-15/h3-8,10,12,27H,9,11,13H2,1-2H3,(H,22,28). The lowest BCUT2D eigenvalue weighted by Crippen LogP contribution is -2.35. The van der Waals surface area contributed by atoms with Crippen molar-refractivity contribution >= 4 is 22.6 Å². The van der Waals surface area contributed by atoms with Crippen molar-refractivity contribution in [2.24, 2.45) is 0 Å². The molecule has 8 nitrogen and oxygen atoms in total. The van der Waals surface area contributed by atoms with Gasteiger partial charge in [0, 0.05) is 44.8 Å². The minimum Gasteiger partial charge on any atom is -0.505 e. The van der Waals surface area contributed by atoms with E-state index in [0.717, 1.165) is 5.56 Å². The number of carbonyl (C=O) groups excluding carboxylic acids is 2. The number of aromatic hydroxyl groups is 1. The van der Waals surface area contributed by atoms with E-state index >= 15 is 0 Å². The molecule has 0 fully saturated rings. The van der Waals surface area contributed by atoms with Crippen LogP contribution in [0.5, 0.6) is 5.75 Å². The summed E-state index contributed by atoms with van der Waals surface area (Å²) in [5.41, 5.74) is 0.505. The van der Waals surface area contributed by atoms with Crippen LogP contribution in [0.3, 0.4) is 0 Å². The van der Waals surface area contributed by atoms with Gasteiger partial charge in [-0.05, 0) is 11.6 Å². The summed E-state index contributed by atoms with van der Waals surface area (Å²) in [5, 5.41) is 13.6.